The van der Waals surface area contributed by atoms with E-state index in [1.807, 2.05) is 18.2 Å². The average molecular weight is 464 g/mol. The Morgan fingerprint density at radius 3 is 2.74 bits per heavy atom. The molecule has 8 heteroatoms. The van der Waals surface area contributed by atoms with Gasteiger partial charge in [-0.25, -0.2) is 4.39 Å². The summed E-state index contributed by atoms with van der Waals surface area (Å²) in [6, 6.07) is 10.4. The number of rotatable bonds is 7. The number of carbonyl (C=O) groups excluding carboxylic acids is 1. The standard InChI is InChI=1S/C26H25FN2O5/c1-2-12-33-19-5-3-4-17(15-19)23-22-24(30)20-16-18(27)6-7-21(20)34-25(22)26(31)29(23)9-8-28-10-13-32-14-11-28/h2-7,15-16,23H,1,8-14H2. The summed E-state index contributed by atoms with van der Waals surface area (Å²) in [6.45, 7) is 7.90. The zero-order chi connectivity index (χ0) is 23.7. The third-order valence-electron chi connectivity index (χ3n) is 6.23. The summed E-state index contributed by atoms with van der Waals surface area (Å²) in [6.07, 6.45) is 1.64. The Morgan fingerprint density at radius 1 is 1.12 bits per heavy atom. The van der Waals surface area contributed by atoms with Gasteiger partial charge in [0, 0.05) is 26.2 Å². The van der Waals surface area contributed by atoms with Gasteiger partial charge in [-0.05, 0) is 35.9 Å². The van der Waals surface area contributed by atoms with Gasteiger partial charge in [0.15, 0.2) is 5.43 Å². The molecule has 0 bridgehead atoms. The molecular weight excluding hydrogens is 439 g/mol. The Kier molecular flexibility index (Phi) is 6.17. The van der Waals surface area contributed by atoms with Crippen molar-refractivity contribution >= 4 is 16.9 Å². The highest BCUT2D eigenvalue weighted by atomic mass is 19.1. The zero-order valence-corrected chi connectivity index (χ0v) is 18.7. The highest BCUT2D eigenvalue weighted by Crippen LogP contribution is 2.39. The van der Waals surface area contributed by atoms with E-state index in [1.54, 1.807) is 17.0 Å². The van der Waals surface area contributed by atoms with E-state index in [1.165, 1.54) is 12.1 Å². The van der Waals surface area contributed by atoms with Crippen LogP contribution in [0.15, 0.2) is 64.3 Å². The van der Waals surface area contributed by atoms with Gasteiger partial charge >= 0.3 is 0 Å². The van der Waals surface area contributed by atoms with E-state index in [2.05, 4.69) is 11.5 Å². The normalized spacial score (nSPS) is 18.3. The Balaban J connectivity index is 1.59. The van der Waals surface area contributed by atoms with Crippen molar-refractivity contribution in [3.05, 3.63) is 88.0 Å². The third kappa shape index (κ3) is 4.10. The Morgan fingerprint density at radius 2 is 1.94 bits per heavy atom. The minimum atomic E-state index is -0.667. The van der Waals surface area contributed by atoms with Gasteiger partial charge in [0.2, 0.25) is 5.76 Å². The Hall–Kier alpha value is -3.49. The molecule has 1 atom stereocenters. The van der Waals surface area contributed by atoms with Crippen LogP contribution in [0.1, 0.15) is 27.7 Å². The lowest BCUT2D eigenvalue weighted by Gasteiger charge is -2.31. The fraction of sp³-hybridized carbons (Fsp3) is 0.308. The molecule has 1 amide bonds. The van der Waals surface area contributed by atoms with Gasteiger partial charge in [0.05, 0.1) is 30.2 Å². The second-order valence-electron chi connectivity index (χ2n) is 8.34. The number of ether oxygens (including phenoxy) is 2. The van der Waals surface area contributed by atoms with Crippen molar-refractivity contribution in [2.24, 2.45) is 0 Å². The van der Waals surface area contributed by atoms with Gasteiger partial charge in [-0.1, -0.05) is 24.8 Å². The Labute approximate surface area is 196 Å². The molecule has 1 unspecified atom stereocenters. The smallest absolute Gasteiger partial charge is 0.290 e. The van der Waals surface area contributed by atoms with E-state index in [-0.39, 0.29) is 28.2 Å². The summed E-state index contributed by atoms with van der Waals surface area (Å²) in [4.78, 5) is 30.9. The molecule has 3 heterocycles. The van der Waals surface area contributed by atoms with E-state index in [4.69, 9.17) is 13.9 Å². The summed E-state index contributed by atoms with van der Waals surface area (Å²) in [7, 11) is 0. The first-order chi connectivity index (χ1) is 16.6. The third-order valence-corrected chi connectivity index (χ3v) is 6.23. The molecule has 0 radical (unpaired) electrons. The van der Waals surface area contributed by atoms with Crippen LogP contribution in [0.4, 0.5) is 4.39 Å². The number of carbonyl (C=O) groups is 1. The van der Waals surface area contributed by atoms with Crippen molar-refractivity contribution in [2.45, 2.75) is 6.04 Å². The molecule has 1 aromatic heterocycles. The van der Waals surface area contributed by atoms with E-state index >= 15 is 0 Å². The topological polar surface area (TPSA) is 72.2 Å². The van der Waals surface area contributed by atoms with Crippen LogP contribution in [0, 0.1) is 5.82 Å². The maximum atomic E-state index is 13.9. The average Bonchev–Trinajstić information content (AvgIpc) is 3.14. The molecule has 176 valence electrons. The van der Waals surface area contributed by atoms with Crippen LogP contribution in [-0.2, 0) is 4.74 Å². The van der Waals surface area contributed by atoms with Crippen LogP contribution in [-0.4, -0.2) is 61.7 Å². The molecule has 3 aromatic rings. The van der Waals surface area contributed by atoms with Gasteiger partial charge in [-0.2, -0.15) is 0 Å². The summed E-state index contributed by atoms with van der Waals surface area (Å²) in [5.74, 6) is -0.283. The lowest BCUT2D eigenvalue weighted by Crippen LogP contribution is -2.42. The van der Waals surface area contributed by atoms with E-state index in [9.17, 15) is 14.0 Å². The second kappa shape index (κ2) is 9.40. The van der Waals surface area contributed by atoms with Crippen molar-refractivity contribution in [3.8, 4) is 5.75 Å². The highest BCUT2D eigenvalue weighted by Gasteiger charge is 2.42. The predicted molar refractivity (Wildman–Crippen MR) is 125 cm³/mol. The molecule has 1 saturated heterocycles. The summed E-state index contributed by atoms with van der Waals surface area (Å²) in [5, 5.41) is 0.116. The summed E-state index contributed by atoms with van der Waals surface area (Å²) >= 11 is 0. The van der Waals surface area contributed by atoms with Crippen molar-refractivity contribution in [2.75, 3.05) is 46.0 Å². The maximum absolute atomic E-state index is 13.9. The highest BCUT2D eigenvalue weighted by molar-refractivity contribution is 5.99. The maximum Gasteiger partial charge on any atom is 0.290 e. The zero-order valence-electron chi connectivity index (χ0n) is 18.7. The van der Waals surface area contributed by atoms with Crippen molar-refractivity contribution in [1.29, 1.82) is 0 Å². The number of halogens is 1. The minimum absolute atomic E-state index is 0.00787. The molecule has 0 spiro atoms. The molecular formula is C26H25FN2O5. The van der Waals surface area contributed by atoms with Crippen LogP contribution in [0.5, 0.6) is 5.75 Å². The lowest BCUT2D eigenvalue weighted by molar-refractivity contribution is 0.0314. The number of morpholine rings is 1. The van der Waals surface area contributed by atoms with Gasteiger partial charge in [-0.15, -0.1) is 0 Å². The summed E-state index contributed by atoms with van der Waals surface area (Å²) < 4.78 is 30.9. The molecule has 2 aliphatic rings. The molecule has 7 nitrogen and oxygen atoms in total. The molecule has 0 N–H and O–H groups in total. The van der Waals surface area contributed by atoms with Crippen molar-refractivity contribution in [1.82, 2.24) is 9.80 Å². The van der Waals surface area contributed by atoms with Gasteiger partial charge in [-0.3, -0.25) is 14.5 Å². The lowest BCUT2D eigenvalue weighted by atomic mass is 9.98. The fourth-order valence-electron chi connectivity index (χ4n) is 4.57. The first-order valence-corrected chi connectivity index (χ1v) is 11.3. The molecule has 0 saturated carbocycles. The van der Waals surface area contributed by atoms with Gasteiger partial charge in [0.1, 0.15) is 23.8 Å². The second-order valence-corrected chi connectivity index (χ2v) is 8.34. The minimum Gasteiger partial charge on any atom is -0.490 e. The number of amides is 1. The number of benzene rings is 2. The molecule has 5 rings (SSSR count). The van der Waals surface area contributed by atoms with E-state index in [0.717, 1.165) is 24.7 Å². The van der Waals surface area contributed by atoms with Gasteiger partial charge in [0.25, 0.3) is 5.91 Å². The quantitative estimate of drug-likeness (QED) is 0.500. The molecule has 0 aliphatic carbocycles. The van der Waals surface area contributed by atoms with E-state index < -0.39 is 17.3 Å². The first-order valence-electron chi connectivity index (χ1n) is 11.3. The SMILES string of the molecule is C=CCOc1cccc(C2c3c(oc4ccc(F)cc4c3=O)C(=O)N2CCN2CCOCC2)c1. The fourth-order valence-corrected chi connectivity index (χ4v) is 4.57. The predicted octanol–water partition coefficient (Wildman–Crippen LogP) is 3.37. The number of nitrogens with zero attached hydrogens (tertiary/aromatic N) is 2. The summed E-state index contributed by atoms with van der Waals surface area (Å²) in [5.41, 5.74) is 0.736. The van der Waals surface area contributed by atoms with Crippen LogP contribution in [0.3, 0.4) is 0 Å². The van der Waals surface area contributed by atoms with E-state index in [0.29, 0.717) is 38.7 Å². The van der Waals surface area contributed by atoms with Gasteiger partial charge < -0.3 is 18.8 Å². The molecule has 2 aromatic carbocycles. The Bertz CT molecular complexity index is 1300. The largest absolute Gasteiger partial charge is 0.490 e. The van der Waals surface area contributed by atoms with Crippen LogP contribution in [0.2, 0.25) is 0 Å². The van der Waals surface area contributed by atoms with Crippen molar-refractivity contribution in [3.63, 3.8) is 0 Å². The van der Waals surface area contributed by atoms with Crippen LogP contribution in [0.25, 0.3) is 11.0 Å². The molecule has 1 fully saturated rings. The van der Waals surface area contributed by atoms with Crippen molar-refractivity contribution < 1.29 is 23.1 Å². The first kappa shape index (κ1) is 22.3. The van der Waals surface area contributed by atoms with Crippen LogP contribution < -0.4 is 10.2 Å². The molecule has 2 aliphatic heterocycles. The van der Waals surface area contributed by atoms with Crippen LogP contribution >= 0.6 is 0 Å². The number of hydrogen-bond donors (Lipinski definition) is 0. The monoisotopic (exact) mass is 464 g/mol. The number of fused-ring (bicyclic) bond motifs is 2. The number of hydrogen-bond acceptors (Lipinski definition) is 6. The molecule has 34 heavy (non-hydrogen) atoms.